The fraction of sp³-hybridized carbons (Fsp3) is 0.538. The standard InChI is InChI=1S/C13H18OS/c14-12-9-5-2-6-10-13(12)15-11-7-3-1-4-8-11/h1,3-4,7-8,12-14H,2,5-6,9-10H2/t12-,13-/m0/s1. The van der Waals surface area contributed by atoms with Gasteiger partial charge in [-0.2, -0.15) is 0 Å². The Morgan fingerprint density at radius 1 is 1.00 bits per heavy atom. The van der Waals surface area contributed by atoms with Crippen molar-refractivity contribution in [3.8, 4) is 0 Å². The maximum atomic E-state index is 9.99. The normalized spacial score (nSPS) is 27.3. The Balaban J connectivity index is 1.97. The average Bonchev–Trinajstić information content (AvgIpc) is 2.46. The number of thioether (sulfide) groups is 1. The fourth-order valence-corrected chi connectivity index (χ4v) is 3.31. The zero-order chi connectivity index (χ0) is 10.5. The first kappa shape index (κ1) is 11.0. The minimum absolute atomic E-state index is 0.113. The van der Waals surface area contributed by atoms with Crippen LogP contribution >= 0.6 is 11.8 Å². The van der Waals surface area contributed by atoms with Gasteiger partial charge in [0.05, 0.1) is 6.10 Å². The molecule has 1 aromatic rings. The Labute approximate surface area is 95.9 Å². The van der Waals surface area contributed by atoms with Gasteiger partial charge in [0.25, 0.3) is 0 Å². The quantitative estimate of drug-likeness (QED) is 0.773. The van der Waals surface area contributed by atoms with Crippen LogP contribution < -0.4 is 0 Å². The van der Waals surface area contributed by atoms with Gasteiger partial charge in [0.1, 0.15) is 0 Å². The number of hydrogen-bond donors (Lipinski definition) is 1. The van der Waals surface area contributed by atoms with Gasteiger partial charge >= 0.3 is 0 Å². The van der Waals surface area contributed by atoms with Crippen molar-refractivity contribution in [1.29, 1.82) is 0 Å². The van der Waals surface area contributed by atoms with Crippen LogP contribution in [0.15, 0.2) is 35.2 Å². The van der Waals surface area contributed by atoms with E-state index in [0.717, 1.165) is 12.8 Å². The van der Waals surface area contributed by atoms with Crippen LogP contribution in [0.25, 0.3) is 0 Å². The minimum atomic E-state index is -0.113. The Bertz CT molecular complexity index is 286. The number of benzene rings is 1. The van der Waals surface area contributed by atoms with Gasteiger partial charge in [-0.1, -0.05) is 37.5 Å². The third-order valence-corrected chi connectivity index (χ3v) is 4.35. The molecule has 0 radical (unpaired) electrons. The van der Waals surface area contributed by atoms with E-state index >= 15 is 0 Å². The molecule has 15 heavy (non-hydrogen) atoms. The highest BCUT2D eigenvalue weighted by molar-refractivity contribution is 8.00. The number of hydrogen-bond acceptors (Lipinski definition) is 2. The second-order valence-corrected chi connectivity index (χ2v) is 5.49. The smallest absolute Gasteiger partial charge is 0.0662 e. The molecular formula is C13H18OS. The lowest BCUT2D eigenvalue weighted by atomic mass is 10.1. The van der Waals surface area contributed by atoms with Crippen molar-refractivity contribution in [3.05, 3.63) is 30.3 Å². The van der Waals surface area contributed by atoms with Crippen molar-refractivity contribution in [2.75, 3.05) is 0 Å². The molecule has 2 atom stereocenters. The van der Waals surface area contributed by atoms with Crippen LogP contribution in [0.4, 0.5) is 0 Å². The number of aliphatic hydroxyl groups is 1. The summed E-state index contributed by atoms with van der Waals surface area (Å²) in [7, 11) is 0. The lowest BCUT2D eigenvalue weighted by Gasteiger charge is -2.19. The molecule has 0 aromatic heterocycles. The molecule has 0 bridgehead atoms. The zero-order valence-electron chi connectivity index (χ0n) is 8.93. The predicted molar refractivity (Wildman–Crippen MR) is 65.2 cm³/mol. The first-order chi connectivity index (χ1) is 7.36. The first-order valence-corrected chi connectivity index (χ1v) is 6.64. The van der Waals surface area contributed by atoms with E-state index in [0.29, 0.717) is 5.25 Å². The largest absolute Gasteiger partial charge is 0.392 e. The molecule has 1 nitrogen and oxygen atoms in total. The summed E-state index contributed by atoms with van der Waals surface area (Å²) >= 11 is 1.84. The summed E-state index contributed by atoms with van der Waals surface area (Å²) < 4.78 is 0. The third-order valence-electron chi connectivity index (χ3n) is 2.95. The summed E-state index contributed by atoms with van der Waals surface area (Å²) in [6, 6.07) is 10.4. The summed E-state index contributed by atoms with van der Waals surface area (Å²) in [5.74, 6) is 0. The predicted octanol–water partition coefficient (Wildman–Crippen LogP) is 3.47. The van der Waals surface area contributed by atoms with Gasteiger partial charge in [-0.05, 0) is 25.0 Å². The van der Waals surface area contributed by atoms with Crippen LogP contribution in [0.1, 0.15) is 32.1 Å². The SMILES string of the molecule is O[C@H]1CCCCC[C@@H]1Sc1ccccc1. The highest BCUT2D eigenvalue weighted by atomic mass is 32.2. The van der Waals surface area contributed by atoms with E-state index in [4.69, 9.17) is 0 Å². The van der Waals surface area contributed by atoms with Crippen molar-refractivity contribution in [3.63, 3.8) is 0 Å². The van der Waals surface area contributed by atoms with E-state index in [1.807, 2.05) is 17.8 Å². The van der Waals surface area contributed by atoms with Gasteiger partial charge < -0.3 is 5.11 Å². The van der Waals surface area contributed by atoms with Gasteiger partial charge in [0, 0.05) is 10.1 Å². The lowest BCUT2D eigenvalue weighted by molar-refractivity contribution is 0.163. The Kier molecular flexibility index (Phi) is 4.09. The van der Waals surface area contributed by atoms with E-state index in [-0.39, 0.29) is 6.10 Å². The average molecular weight is 222 g/mol. The van der Waals surface area contributed by atoms with Gasteiger partial charge in [-0.3, -0.25) is 0 Å². The minimum Gasteiger partial charge on any atom is -0.392 e. The summed E-state index contributed by atoms with van der Waals surface area (Å²) in [5, 5.41) is 10.4. The molecule has 1 aliphatic rings. The van der Waals surface area contributed by atoms with Gasteiger partial charge in [0.15, 0.2) is 0 Å². The summed E-state index contributed by atoms with van der Waals surface area (Å²) in [6.45, 7) is 0. The molecule has 82 valence electrons. The first-order valence-electron chi connectivity index (χ1n) is 5.76. The summed E-state index contributed by atoms with van der Waals surface area (Å²) in [4.78, 5) is 1.28. The van der Waals surface area contributed by atoms with Crippen LogP contribution in [0, 0.1) is 0 Å². The van der Waals surface area contributed by atoms with Crippen molar-refractivity contribution in [2.45, 2.75) is 48.4 Å². The van der Waals surface area contributed by atoms with E-state index in [1.165, 1.54) is 24.2 Å². The second kappa shape index (κ2) is 5.57. The molecule has 1 fully saturated rings. The third kappa shape index (κ3) is 3.25. The molecule has 2 rings (SSSR count). The molecule has 1 N–H and O–H groups in total. The number of rotatable bonds is 2. The topological polar surface area (TPSA) is 20.2 Å². The molecule has 2 heteroatoms. The molecular weight excluding hydrogens is 204 g/mol. The molecule has 1 aliphatic carbocycles. The summed E-state index contributed by atoms with van der Waals surface area (Å²) in [5.41, 5.74) is 0. The van der Waals surface area contributed by atoms with Crippen molar-refractivity contribution >= 4 is 11.8 Å². The van der Waals surface area contributed by atoms with Crippen molar-refractivity contribution < 1.29 is 5.11 Å². The van der Waals surface area contributed by atoms with E-state index < -0.39 is 0 Å². The highest BCUT2D eigenvalue weighted by Gasteiger charge is 2.22. The van der Waals surface area contributed by atoms with Crippen molar-refractivity contribution in [1.82, 2.24) is 0 Å². The van der Waals surface area contributed by atoms with Crippen LogP contribution in [-0.2, 0) is 0 Å². The van der Waals surface area contributed by atoms with E-state index in [2.05, 4.69) is 24.3 Å². The number of aliphatic hydroxyl groups excluding tert-OH is 1. The molecule has 0 amide bonds. The molecule has 0 saturated heterocycles. The lowest BCUT2D eigenvalue weighted by Crippen LogP contribution is -2.20. The Morgan fingerprint density at radius 3 is 2.53 bits per heavy atom. The highest BCUT2D eigenvalue weighted by Crippen LogP contribution is 2.32. The van der Waals surface area contributed by atoms with Crippen LogP contribution in [0.2, 0.25) is 0 Å². The van der Waals surface area contributed by atoms with Gasteiger partial charge in [-0.25, -0.2) is 0 Å². The molecule has 1 saturated carbocycles. The maximum Gasteiger partial charge on any atom is 0.0662 e. The second-order valence-electron chi connectivity index (χ2n) is 4.17. The van der Waals surface area contributed by atoms with Crippen molar-refractivity contribution in [2.24, 2.45) is 0 Å². The maximum absolute atomic E-state index is 9.99. The molecule has 0 aliphatic heterocycles. The Hall–Kier alpha value is -0.470. The molecule has 0 spiro atoms. The van der Waals surface area contributed by atoms with Crippen LogP contribution in [0.3, 0.4) is 0 Å². The van der Waals surface area contributed by atoms with Gasteiger partial charge in [-0.15, -0.1) is 11.8 Å². The van der Waals surface area contributed by atoms with Crippen LogP contribution in [-0.4, -0.2) is 16.5 Å². The zero-order valence-corrected chi connectivity index (χ0v) is 9.75. The summed E-state index contributed by atoms with van der Waals surface area (Å²) in [6.07, 6.45) is 5.75. The molecule has 1 aromatic carbocycles. The molecule has 0 heterocycles. The molecule has 0 unspecified atom stereocenters. The van der Waals surface area contributed by atoms with Gasteiger partial charge in [0.2, 0.25) is 0 Å². The van der Waals surface area contributed by atoms with E-state index in [9.17, 15) is 5.11 Å². The fourth-order valence-electron chi connectivity index (χ4n) is 2.07. The van der Waals surface area contributed by atoms with Crippen LogP contribution in [0.5, 0.6) is 0 Å². The monoisotopic (exact) mass is 222 g/mol. The Morgan fingerprint density at radius 2 is 1.73 bits per heavy atom. The van der Waals surface area contributed by atoms with E-state index in [1.54, 1.807) is 0 Å².